The molecule has 1 N–H and O–H groups in total. The summed E-state index contributed by atoms with van der Waals surface area (Å²) in [6, 6.07) is 6.25. The van der Waals surface area contributed by atoms with Crippen molar-refractivity contribution < 1.29 is 4.74 Å². The number of nitrogens with one attached hydrogen (secondary N) is 1. The molecule has 0 spiro atoms. The number of halogens is 1. The van der Waals surface area contributed by atoms with Crippen LogP contribution in [0.15, 0.2) is 18.2 Å². The maximum absolute atomic E-state index is 5.95. The van der Waals surface area contributed by atoms with Crippen molar-refractivity contribution >= 4 is 11.6 Å². The van der Waals surface area contributed by atoms with Gasteiger partial charge in [-0.1, -0.05) is 11.6 Å². The van der Waals surface area contributed by atoms with Crippen molar-refractivity contribution in [3.8, 4) is 5.75 Å². The summed E-state index contributed by atoms with van der Waals surface area (Å²) in [5, 5.41) is 3.98. The van der Waals surface area contributed by atoms with Gasteiger partial charge >= 0.3 is 0 Å². The van der Waals surface area contributed by atoms with Crippen molar-refractivity contribution in [3.05, 3.63) is 28.8 Å². The highest BCUT2D eigenvalue weighted by Gasteiger charge is 2.05. The fraction of sp³-hybridized carbons (Fsp3) is 0.500. The summed E-state index contributed by atoms with van der Waals surface area (Å²) in [7, 11) is 3.66. The van der Waals surface area contributed by atoms with E-state index in [4.69, 9.17) is 16.3 Å². The van der Waals surface area contributed by atoms with Crippen LogP contribution in [0.2, 0.25) is 5.02 Å². The van der Waals surface area contributed by atoms with Crippen LogP contribution in [0.5, 0.6) is 5.75 Å². The van der Waals surface area contributed by atoms with Crippen LogP contribution in [0.4, 0.5) is 0 Å². The summed E-state index contributed by atoms with van der Waals surface area (Å²) in [6.45, 7) is 2.16. The zero-order valence-corrected chi connectivity index (χ0v) is 10.3. The Hall–Kier alpha value is -0.730. The molecular formula is C12H18ClNO. The van der Waals surface area contributed by atoms with Crippen LogP contribution in [0.1, 0.15) is 18.9 Å². The Bertz CT molecular complexity index is 314. The molecule has 1 aromatic carbocycles. The van der Waals surface area contributed by atoms with E-state index in [1.807, 2.05) is 25.2 Å². The van der Waals surface area contributed by atoms with Crippen LogP contribution >= 0.6 is 11.6 Å². The summed E-state index contributed by atoms with van der Waals surface area (Å²) >= 11 is 5.95. The van der Waals surface area contributed by atoms with Gasteiger partial charge in [0.15, 0.2) is 0 Å². The van der Waals surface area contributed by atoms with Gasteiger partial charge in [-0.2, -0.15) is 0 Å². The number of hydrogen-bond acceptors (Lipinski definition) is 2. The maximum atomic E-state index is 5.95. The summed E-state index contributed by atoms with van der Waals surface area (Å²) in [5.74, 6) is 0.919. The monoisotopic (exact) mass is 227 g/mol. The first kappa shape index (κ1) is 12.3. The molecule has 3 heteroatoms. The van der Waals surface area contributed by atoms with Crippen molar-refractivity contribution in [2.45, 2.75) is 25.8 Å². The second-order valence-electron chi connectivity index (χ2n) is 3.68. The Morgan fingerprint density at radius 2 is 2.20 bits per heavy atom. The number of ether oxygens (including phenoxy) is 1. The highest BCUT2D eigenvalue weighted by Crippen LogP contribution is 2.24. The lowest BCUT2D eigenvalue weighted by Crippen LogP contribution is -2.21. The molecule has 0 amide bonds. The van der Waals surface area contributed by atoms with Crippen LogP contribution in [0.3, 0.4) is 0 Å². The van der Waals surface area contributed by atoms with Crippen LogP contribution < -0.4 is 10.1 Å². The quantitative estimate of drug-likeness (QED) is 0.835. The molecule has 0 saturated heterocycles. The second kappa shape index (κ2) is 5.99. The molecule has 1 atom stereocenters. The highest BCUT2D eigenvalue weighted by molar-refractivity contribution is 6.30. The molecule has 1 unspecified atom stereocenters. The van der Waals surface area contributed by atoms with E-state index in [0.717, 1.165) is 23.6 Å². The smallest absolute Gasteiger partial charge is 0.122 e. The lowest BCUT2D eigenvalue weighted by Gasteiger charge is -2.12. The maximum Gasteiger partial charge on any atom is 0.122 e. The van der Waals surface area contributed by atoms with Gasteiger partial charge in [0.25, 0.3) is 0 Å². The molecule has 0 aromatic heterocycles. The Morgan fingerprint density at radius 1 is 1.47 bits per heavy atom. The third kappa shape index (κ3) is 3.73. The molecule has 0 aliphatic carbocycles. The van der Waals surface area contributed by atoms with Gasteiger partial charge in [-0.05, 0) is 50.6 Å². The van der Waals surface area contributed by atoms with E-state index < -0.39 is 0 Å². The number of rotatable bonds is 5. The first-order valence-electron chi connectivity index (χ1n) is 5.17. The van der Waals surface area contributed by atoms with Crippen LogP contribution in [0.25, 0.3) is 0 Å². The number of benzene rings is 1. The Kier molecular flexibility index (Phi) is 4.92. The van der Waals surface area contributed by atoms with Gasteiger partial charge in [-0.25, -0.2) is 0 Å². The molecule has 84 valence electrons. The Labute approximate surface area is 96.6 Å². The molecular weight excluding hydrogens is 210 g/mol. The van der Waals surface area contributed by atoms with Crippen molar-refractivity contribution in [2.24, 2.45) is 0 Å². The van der Waals surface area contributed by atoms with E-state index >= 15 is 0 Å². The molecule has 1 rings (SSSR count). The molecule has 2 nitrogen and oxygen atoms in total. The van der Waals surface area contributed by atoms with Gasteiger partial charge in [-0.15, -0.1) is 0 Å². The zero-order valence-electron chi connectivity index (χ0n) is 9.51. The van der Waals surface area contributed by atoms with Gasteiger partial charge in [-0.3, -0.25) is 0 Å². The predicted molar refractivity (Wildman–Crippen MR) is 64.8 cm³/mol. The predicted octanol–water partition coefficient (Wildman–Crippen LogP) is 2.89. The van der Waals surface area contributed by atoms with Crippen LogP contribution in [0, 0.1) is 0 Å². The van der Waals surface area contributed by atoms with Gasteiger partial charge < -0.3 is 10.1 Å². The normalized spacial score (nSPS) is 12.5. The SMILES string of the molecule is CNC(C)CCc1cc(Cl)ccc1OC. The fourth-order valence-electron chi connectivity index (χ4n) is 1.46. The largest absolute Gasteiger partial charge is 0.496 e. The molecule has 0 aliphatic rings. The summed E-state index contributed by atoms with van der Waals surface area (Å²) < 4.78 is 5.29. The number of methoxy groups -OCH3 is 1. The summed E-state index contributed by atoms with van der Waals surface area (Å²) in [5.41, 5.74) is 1.17. The van der Waals surface area contributed by atoms with E-state index in [1.165, 1.54) is 5.56 Å². The molecule has 0 saturated carbocycles. The number of aryl methyl sites for hydroxylation is 1. The topological polar surface area (TPSA) is 21.3 Å². The van der Waals surface area contributed by atoms with E-state index in [0.29, 0.717) is 6.04 Å². The second-order valence-corrected chi connectivity index (χ2v) is 4.12. The first-order chi connectivity index (χ1) is 7.17. The van der Waals surface area contributed by atoms with Crippen LogP contribution in [-0.2, 0) is 6.42 Å². The molecule has 15 heavy (non-hydrogen) atoms. The fourth-order valence-corrected chi connectivity index (χ4v) is 1.65. The van der Waals surface area contributed by atoms with Gasteiger partial charge in [0, 0.05) is 11.1 Å². The molecule has 0 aliphatic heterocycles. The van der Waals surface area contributed by atoms with E-state index in [-0.39, 0.29) is 0 Å². The zero-order chi connectivity index (χ0) is 11.3. The minimum absolute atomic E-state index is 0.508. The number of hydrogen-bond donors (Lipinski definition) is 1. The van der Waals surface area contributed by atoms with E-state index in [9.17, 15) is 0 Å². The summed E-state index contributed by atoms with van der Waals surface area (Å²) in [6.07, 6.45) is 2.05. The molecule has 0 bridgehead atoms. The average molecular weight is 228 g/mol. The van der Waals surface area contributed by atoms with Crippen molar-refractivity contribution in [3.63, 3.8) is 0 Å². The van der Waals surface area contributed by atoms with Crippen LogP contribution in [-0.4, -0.2) is 20.2 Å². The third-order valence-electron chi connectivity index (χ3n) is 2.58. The Morgan fingerprint density at radius 3 is 2.80 bits per heavy atom. The van der Waals surface area contributed by atoms with Gasteiger partial charge in [0.05, 0.1) is 7.11 Å². The van der Waals surface area contributed by atoms with Gasteiger partial charge in [0.2, 0.25) is 0 Å². The minimum atomic E-state index is 0.508. The highest BCUT2D eigenvalue weighted by atomic mass is 35.5. The first-order valence-corrected chi connectivity index (χ1v) is 5.55. The van der Waals surface area contributed by atoms with Gasteiger partial charge in [0.1, 0.15) is 5.75 Å². The van der Waals surface area contributed by atoms with Crippen molar-refractivity contribution in [2.75, 3.05) is 14.2 Å². The molecule has 0 radical (unpaired) electrons. The lowest BCUT2D eigenvalue weighted by molar-refractivity contribution is 0.408. The minimum Gasteiger partial charge on any atom is -0.496 e. The molecule has 0 heterocycles. The van der Waals surface area contributed by atoms with E-state index in [1.54, 1.807) is 7.11 Å². The molecule has 0 fully saturated rings. The van der Waals surface area contributed by atoms with Crippen molar-refractivity contribution in [1.82, 2.24) is 5.32 Å². The Balaban J connectivity index is 2.69. The van der Waals surface area contributed by atoms with Crippen molar-refractivity contribution in [1.29, 1.82) is 0 Å². The lowest BCUT2D eigenvalue weighted by atomic mass is 10.1. The average Bonchev–Trinajstić information content (AvgIpc) is 2.26. The molecule has 1 aromatic rings. The standard InChI is InChI=1S/C12H18ClNO/c1-9(14-2)4-5-10-8-11(13)6-7-12(10)15-3/h6-9,14H,4-5H2,1-3H3. The third-order valence-corrected chi connectivity index (χ3v) is 2.82. The van der Waals surface area contributed by atoms with E-state index in [2.05, 4.69) is 12.2 Å². The summed E-state index contributed by atoms with van der Waals surface area (Å²) in [4.78, 5) is 0.